The number of nitrogens with zero attached hydrogens (tertiary/aromatic N) is 1. The first-order chi connectivity index (χ1) is 5.59. The lowest BCUT2D eigenvalue weighted by molar-refractivity contribution is 1.20. The van der Waals surface area contributed by atoms with Crippen molar-refractivity contribution < 1.29 is 0 Å². The Morgan fingerprint density at radius 3 is 2.83 bits per heavy atom. The lowest BCUT2D eigenvalue weighted by Gasteiger charge is -1.77. The second kappa shape index (κ2) is 4.12. The molecule has 0 spiro atoms. The van der Waals surface area contributed by atoms with E-state index in [1.165, 1.54) is 11.3 Å². The molecule has 1 aromatic heterocycles. The van der Waals surface area contributed by atoms with Gasteiger partial charge in [0.25, 0.3) is 0 Å². The van der Waals surface area contributed by atoms with Gasteiger partial charge < -0.3 is 0 Å². The minimum Gasteiger partial charge on any atom is -0.231 e. The molecule has 0 unspecified atom stereocenters. The van der Waals surface area contributed by atoms with Crippen molar-refractivity contribution in [3.05, 3.63) is 21.0 Å². The van der Waals surface area contributed by atoms with Crippen molar-refractivity contribution in [1.82, 2.24) is 4.98 Å². The molecule has 0 atom stereocenters. The Morgan fingerprint density at radius 2 is 2.42 bits per heavy atom. The maximum atomic E-state index is 5.66. The molecule has 0 amide bonds. The van der Waals surface area contributed by atoms with E-state index in [2.05, 4.69) is 24.2 Å². The lowest BCUT2D eigenvalue weighted by atomic mass is 10.4. The van der Waals surface area contributed by atoms with E-state index in [1.807, 2.05) is 19.1 Å². The summed E-state index contributed by atoms with van der Waals surface area (Å²) in [5.41, 5.74) is 0. The molecule has 0 aliphatic rings. The van der Waals surface area contributed by atoms with Crippen LogP contribution in [0.15, 0.2) is 15.4 Å². The molecule has 0 aromatic carbocycles. The van der Waals surface area contributed by atoms with Crippen LogP contribution in [0.2, 0.25) is 0 Å². The number of thiol groups is 1. The van der Waals surface area contributed by atoms with E-state index >= 15 is 0 Å². The minimum atomic E-state index is 0.729. The molecule has 1 rings (SSSR count). The van der Waals surface area contributed by atoms with E-state index in [-0.39, 0.29) is 0 Å². The Kier molecular flexibility index (Phi) is 3.38. The van der Waals surface area contributed by atoms with E-state index < -0.39 is 0 Å². The highest BCUT2D eigenvalue weighted by atomic mass is 35.5. The Balaban J connectivity index is 3.19. The molecule has 0 bridgehead atoms. The SMILES string of the molecule is C=c1nc(S)s/c1=C/C=C(\C)Cl. The summed E-state index contributed by atoms with van der Waals surface area (Å²) in [6, 6.07) is 0. The summed E-state index contributed by atoms with van der Waals surface area (Å²) in [5, 5.41) is 1.49. The molecular weight excluding hydrogens is 210 g/mol. The number of halogens is 1. The highest BCUT2D eigenvalue weighted by Gasteiger charge is 1.90. The number of rotatable bonds is 1. The largest absolute Gasteiger partial charge is 0.231 e. The van der Waals surface area contributed by atoms with Crippen molar-refractivity contribution in [2.24, 2.45) is 0 Å². The second-order valence-corrected chi connectivity index (χ2v) is 4.58. The van der Waals surface area contributed by atoms with Gasteiger partial charge >= 0.3 is 0 Å². The van der Waals surface area contributed by atoms with Gasteiger partial charge in [-0.1, -0.05) is 18.2 Å². The van der Waals surface area contributed by atoms with Crippen LogP contribution in [0.4, 0.5) is 0 Å². The number of hydrogen-bond acceptors (Lipinski definition) is 3. The van der Waals surface area contributed by atoms with Gasteiger partial charge in [-0.3, -0.25) is 0 Å². The van der Waals surface area contributed by atoms with Gasteiger partial charge in [0.2, 0.25) is 0 Å². The summed E-state index contributed by atoms with van der Waals surface area (Å²) in [7, 11) is 0. The Labute approximate surface area is 85.5 Å². The highest BCUT2D eigenvalue weighted by Crippen LogP contribution is 2.01. The Hall–Kier alpha value is -0.250. The number of hydrogen-bond donors (Lipinski definition) is 1. The van der Waals surface area contributed by atoms with Crippen LogP contribution in [0.3, 0.4) is 0 Å². The van der Waals surface area contributed by atoms with Crippen LogP contribution in [0.5, 0.6) is 0 Å². The van der Waals surface area contributed by atoms with Gasteiger partial charge in [-0.2, -0.15) is 0 Å². The zero-order valence-electron chi connectivity index (χ0n) is 6.54. The zero-order valence-corrected chi connectivity index (χ0v) is 9.01. The van der Waals surface area contributed by atoms with E-state index in [0.717, 1.165) is 19.3 Å². The first-order valence-electron chi connectivity index (χ1n) is 3.28. The molecule has 0 radical (unpaired) electrons. The van der Waals surface area contributed by atoms with E-state index in [4.69, 9.17) is 11.6 Å². The van der Waals surface area contributed by atoms with Crippen LogP contribution in [-0.4, -0.2) is 4.98 Å². The summed E-state index contributed by atoms with van der Waals surface area (Å²) in [6.45, 7) is 5.59. The quantitative estimate of drug-likeness (QED) is 0.708. The van der Waals surface area contributed by atoms with E-state index in [0.29, 0.717) is 0 Å². The van der Waals surface area contributed by atoms with Gasteiger partial charge in [0.05, 0.1) is 9.88 Å². The summed E-state index contributed by atoms with van der Waals surface area (Å²) < 4.78 is 1.73. The first-order valence-corrected chi connectivity index (χ1v) is 4.92. The molecule has 4 heteroatoms. The summed E-state index contributed by atoms with van der Waals surface area (Å²) in [6.07, 6.45) is 3.71. The molecule has 0 aliphatic carbocycles. The molecular formula is C8H8ClNS2. The van der Waals surface area contributed by atoms with Gasteiger partial charge in [-0.25, -0.2) is 4.98 Å². The maximum absolute atomic E-state index is 5.66. The predicted molar refractivity (Wildman–Crippen MR) is 58.2 cm³/mol. The monoisotopic (exact) mass is 217 g/mol. The number of aromatic nitrogens is 1. The molecule has 12 heavy (non-hydrogen) atoms. The molecule has 0 saturated carbocycles. The molecule has 0 fully saturated rings. The normalized spacial score (nSPS) is 13.9. The fourth-order valence-corrected chi connectivity index (χ4v) is 1.80. The first kappa shape index (κ1) is 9.84. The molecule has 0 N–H and O–H groups in total. The third-order valence-corrected chi connectivity index (χ3v) is 2.55. The molecule has 64 valence electrons. The highest BCUT2D eigenvalue weighted by molar-refractivity contribution is 7.82. The smallest absolute Gasteiger partial charge is 0.148 e. The fourth-order valence-electron chi connectivity index (χ4n) is 0.671. The molecule has 1 aromatic rings. The lowest BCUT2D eigenvalue weighted by Crippen LogP contribution is -2.17. The van der Waals surface area contributed by atoms with Crippen LogP contribution in [0.1, 0.15) is 6.92 Å². The Morgan fingerprint density at radius 1 is 1.75 bits per heavy atom. The summed E-state index contributed by atoms with van der Waals surface area (Å²) >= 11 is 11.3. The van der Waals surface area contributed by atoms with Crippen molar-refractivity contribution in [2.45, 2.75) is 11.3 Å². The topological polar surface area (TPSA) is 12.9 Å². The van der Waals surface area contributed by atoms with Gasteiger partial charge in [0.1, 0.15) is 4.34 Å². The summed E-state index contributed by atoms with van der Waals surface area (Å²) in [4.78, 5) is 4.06. The number of allylic oxidation sites excluding steroid dienone is 2. The number of thiazole rings is 1. The van der Waals surface area contributed by atoms with E-state index in [9.17, 15) is 0 Å². The molecule has 0 saturated heterocycles. The second-order valence-electron chi connectivity index (χ2n) is 2.23. The third kappa shape index (κ3) is 2.66. The molecule has 0 aliphatic heterocycles. The van der Waals surface area contributed by atoms with Crippen LogP contribution in [0, 0.1) is 0 Å². The van der Waals surface area contributed by atoms with Gasteiger partial charge in [0, 0.05) is 5.03 Å². The van der Waals surface area contributed by atoms with Crippen LogP contribution in [0.25, 0.3) is 12.7 Å². The summed E-state index contributed by atoms with van der Waals surface area (Å²) in [5.74, 6) is 0. The van der Waals surface area contributed by atoms with Crippen LogP contribution < -0.4 is 9.88 Å². The maximum Gasteiger partial charge on any atom is 0.148 e. The minimum absolute atomic E-state index is 0.729. The average molecular weight is 218 g/mol. The standard InChI is InChI=1S/C8H8ClNS2/c1-5(9)3-4-7-6(2)10-8(11)12-7/h3-4H,2H2,1H3,(H,10,11)/b5-3+,7-4+. The van der Waals surface area contributed by atoms with Gasteiger partial charge in [0.15, 0.2) is 0 Å². The van der Waals surface area contributed by atoms with Crippen LogP contribution >= 0.6 is 35.6 Å². The third-order valence-electron chi connectivity index (χ3n) is 1.18. The molecule has 1 heterocycles. The Bertz CT molecular complexity index is 401. The zero-order chi connectivity index (χ0) is 9.14. The predicted octanol–water partition coefficient (Wildman–Crippen LogP) is 1.77. The van der Waals surface area contributed by atoms with Crippen molar-refractivity contribution in [3.8, 4) is 0 Å². The van der Waals surface area contributed by atoms with Crippen molar-refractivity contribution in [1.29, 1.82) is 0 Å². The van der Waals surface area contributed by atoms with E-state index in [1.54, 1.807) is 0 Å². The van der Waals surface area contributed by atoms with Crippen molar-refractivity contribution >= 4 is 48.2 Å². The van der Waals surface area contributed by atoms with Gasteiger partial charge in [-0.15, -0.1) is 24.0 Å². The van der Waals surface area contributed by atoms with Crippen molar-refractivity contribution in [3.63, 3.8) is 0 Å². The van der Waals surface area contributed by atoms with Crippen molar-refractivity contribution in [2.75, 3.05) is 0 Å². The van der Waals surface area contributed by atoms with Gasteiger partial charge in [-0.05, 0) is 19.1 Å². The molecule has 1 nitrogen and oxygen atoms in total. The van der Waals surface area contributed by atoms with Crippen LogP contribution in [-0.2, 0) is 0 Å². The average Bonchev–Trinajstić information content (AvgIpc) is 2.26. The fraction of sp³-hybridized carbons (Fsp3) is 0.125.